The molecule has 0 aliphatic carbocycles. The van der Waals surface area contributed by atoms with Crippen LogP contribution in [0.4, 0.5) is 11.6 Å². The molecule has 96 valence electrons. The second-order valence-corrected chi connectivity index (χ2v) is 5.34. The van der Waals surface area contributed by atoms with Gasteiger partial charge in [-0.1, -0.05) is 13.8 Å². The maximum Gasteiger partial charge on any atom is 0.180 e. The summed E-state index contributed by atoms with van der Waals surface area (Å²) in [6.07, 6.45) is 6.70. The molecule has 1 saturated heterocycles. The van der Waals surface area contributed by atoms with Gasteiger partial charge in [0.25, 0.3) is 0 Å². The van der Waals surface area contributed by atoms with Crippen molar-refractivity contribution in [2.45, 2.75) is 20.3 Å². The van der Waals surface area contributed by atoms with Gasteiger partial charge in [-0.05, 0) is 18.3 Å². The molecule has 2 atom stereocenters. The molecule has 1 aliphatic rings. The van der Waals surface area contributed by atoms with E-state index in [-0.39, 0.29) is 0 Å². The number of hydrogen-bond acceptors (Lipinski definition) is 4. The first-order valence-electron chi connectivity index (χ1n) is 6.49. The minimum Gasteiger partial charge on any atom is -0.382 e. The van der Waals surface area contributed by atoms with Crippen molar-refractivity contribution in [2.75, 3.05) is 23.7 Å². The average molecular weight is 245 g/mol. The van der Waals surface area contributed by atoms with Gasteiger partial charge in [-0.3, -0.25) is 0 Å². The van der Waals surface area contributed by atoms with Crippen LogP contribution in [0.1, 0.15) is 20.3 Å². The molecule has 18 heavy (non-hydrogen) atoms. The van der Waals surface area contributed by atoms with Gasteiger partial charge in [-0.15, -0.1) is 0 Å². The van der Waals surface area contributed by atoms with Crippen LogP contribution in [-0.4, -0.2) is 27.5 Å². The summed E-state index contributed by atoms with van der Waals surface area (Å²) in [4.78, 5) is 11.2. The molecule has 5 heteroatoms. The van der Waals surface area contributed by atoms with Crippen LogP contribution >= 0.6 is 0 Å². The number of hydrogen-bond donors (Lipinski definition) is 1. The fraction of sp³-hybridized carbons (Fsp3) is 0.538. The van der Waals surface area contributed by atoms with Crippen molar-refractivity contribution in [3.8, 4) is 0 Å². The van der Waals surface area contributed by atoms with Crippen LogP contribution in [-0.2, 0) is 0 Å². The second-order valence-electron chi connectivity index (χ2n) is 5.34. The first-order chi connectivity index (χ1) is 8.65. The maximum absolute atomic E-state index is 5.87. The van der Waals surface area contributed by atoms with Crippen molar-refractivity contribution in [1.82, 2.24) is 14.4 Å². The molecule has 2 unspecified atom stereocenters. The van der Waals surface area contributed by atoms with E-state index in [1.807, 2.05) is 16.8 Å². The molecular formula is C13H19N5. The smallest absolute Gasteiger partial charge is 0.180 e. The highest BCUT2D eigenvalue weighted by molar-refractivity contribution is 5.66. The van der Waals surface area contributed by atoms with Crippen molar-refractivity contribution >= 4 is 17.3 Å². The lowest BCUT2D eigenvalue weighted by atomic mass is 9.89. The Labute approximate surface area is 107 Å². The van der Waals surface area contributed by atoms with E-state index in [1.54, 1.807) is 6.20 Å². The molecule has 1 fully saturated rings. The van der Waals surface area contributed by atoms with Gasteiger partial charge in [-0.2, -0.15) is 0 Å². The maximum atomic E-state index is 5.87. The molecule has 0 spiro atoms. The highest BCUT2D eigenvalue weighted by atomic mass is 15.2. The fourth-order valence-electron chi connectivity index (χ4n) is 2.60. The number of imidazole rings is 1. The number of piperidine rings is 1. The molecule has 2 N–H and O–H groups in total. The summed E-state index contributed by atoms with van der Waals surface area (Å²) in [5.41, 5.74) is 6.76. The Morgan fingerprint density at radius 1 is 1.33 bits per heavy atom. The zero-order valence-electron chi connectivity index (χ0n) is 10.9. The normalized spacial score (nSPS) is 24.7. The van der Waals surface area contributed by atoms with E-state index in [0.29, 0.717) is 11.7 Å². The highest BCUT2D eigenvalue weighted by Crippen LogP contribution is 2.28. The fourth-order valence-corrected chi connectivity index (χ4v) is 2.60. The van der Waals surface area contributed by atoms with E-state index in [2.05, 4.69) is 28.7 Å². The first-order valence-corrected chi connectivity index (χ1v) is 6.49. The SMILES string of the molecule is CC1CCN(c2nc(N)cn3ccnc23)CC1C. The van der Waals surface area contributed by atoms with Gasteiger partial charge in [0.05, 0.1) is 6.20 Å². The second kappa shape index (κ2) is 4.15. The third-order valence-electron chi connectivity index (χ3n) is 4.01. The molecule has 0 amide bonds. The van der Waals surface area contributed by atoms with Gasteiger partial charge in [0.2, 0.25) is 0 Å². The van der Waals surface area contributed by atoms with Crippen molar-refractivity contribution in [1.29, 1.82) is 0 Å². The lowest BCUT2D eigenvalue weighted by Gasteiger charge is -2.36. The standard InChI is InChI=1S/C13H19N5/c1-9-3-5-17(7-10(9)2)13-12-15-4-6-18(12)8-11(14)16-13/h4,6,8-10H,3,5,7,14H2,1-2H3. The number of rotatable bonds is 1. The average Bonchev–Trinajstić information content (AvgIpc) is 2.79. The van der Waals surface area contributed by atoms with Gasteiger partial charge in [-0.25, -0.2) is 9.97 Å². The molecule has 0 saturated carbocycles. The van der Waals surface area contributed by atoms with Crippen LogP contribution in [0.2, 0.25) is 0 Å². The Morgan fingerprint density at radius 2 is 2.17 bits per heavy atom. The molecule has 0 radical (unpaired) electrons. The van der Waals surface area contributed by atoms with E-state index >= 15 is 0 Å². The molecule has 1 aliphatic heterocycles. The van der Waals surface area contributed by atoms with Gasteiger partial charge in [0, 0.05) is 25.5 Å². The van der Waals surface area contributed by atoms with E-state index in [9.17, 15) is 0 Å². The van der Waals surface area contributed by atoms with Gasteiger partial charge < -0.3 is 15.0 Å². The molecule has 0 aromatic carbocycles. The zero-order chi connectivity index (χ0) is 12.7. The highest BCUT2D eigenvalue weighted by Gasteiger charge is 2.25. The topological polar surface area (TPSA) is 59.5 Å². The summed E-state index contributed by atoms with van der Waals surface area (Å²) in [5, 5.41) is 0. The molecule has 3 heterocycles. The predicted molar refractivity (Wildman–Crippen MR) is 72.6 cm³/mol. The van der Waals surface area contributed by atoms with E-state index in [1.165, 1.54) is 6.42 Å². The van der Waals surface area contributed by atoms with Crippen LogP contribution in [0, 0.1) is 11.8 Å². The molecule has 2 aromatic heterocycles. The van der Waals surface area contributed by atoms with E-state index < -0.39 is 0 Å². The number of nitrogens with two attached hydrogens (primary N) is 1. The molecule has 3 rings (SSSR count). The van der Waals surface area contributed by atoms with Crippen molar-refractivity contribution in [3.05, 3.63) is 18.6 Å². The minimum absolute atomic E-state index is 0.543. The van der Waals surface area contributed by atoms with Crippen LogP contribution in [0.3, 0.4) is 0 Å². The lowest BCUT2D eigenvalue weighted by Crippen LogP contribution is -2.39. The number of anilines is 2. The minimum atomic E-state index is 0.543. The third kappa shape index (κ3) is 1.79. The summed E-state index contributed by atoms with van der Waals surface area (Å²) in [7, 11) is 0. The van der Waals surface area contributed by atoms with E-state index in [0.717, 1.165) is 30.5 Å². The number of nitrogens with zero attached hydrogens (tertiary/aromatic N) is 4. The quantitative estimate of drug-likeness (QED) is 0.832. The van der Waals surface area contributed by atoms with Crippen LogP contribution < -0.4 is 10.6 Å². The lowest BCUT2D eigenvalue weighted by molar-refractivity contribution is 0.323. The van der Waals surface area contributed by atoms with E-state index in [4.69, 9.17) is 5.73 Å². The summed E-state index contributed by atoms with van der Waals surface area (Å²) in [5.74, 6) is 2.91. The van der Waals surface area contributed by atoms with Crippen molar-refractivity contribution < 1.29 is 0 Å². The predicted octanol–water partition coefficient (Wildman–Crippen LogP) is 1.79. The number of fused-ring (bicyclic) bond motifs is 1. The summed E-state index contributed by atoms with van der Waals surface area (Å²) in [6, 6.07) is 0. The van der Waals surface area contributed by atoms with Crippen LogP contribution in [0.15, 0.2) is 18.6 Å². The van der Waals surface area contributed by atoms with Crippen LogP contribution in [0.5, 0.6) is 0 Å². The van der Waals surface area contributed by atoms with Crippen LogP contribution in [0.25, 0.3) is 5.65 Å². The summed E-state index contributed by atoms with van der Waals surface area (Å²) >= 11 is 0. The molecule has 0 bridgehead atoms. The van der Waals surface area contributed by atoms with Gasteiger partial charge >= 0.3 is 0 Å². The summed E-state index contributed by atoms with van der Waals surface area (Å²) < 4.78 is 1.94. The molecule has 5 nitrogen and oxygen atoms in total. The number of aromatic nitrogens is 3. The van der Waals surface area contributed by atoms with Gasteiger partial charge in [0.15, 0.2) is 11.5 Å². The molecular weight excluding hydrogens is 226 g/mol. The monoisotopic (exact) mass is 245 g/mol. The first kappa shape index (κ1) is 11.3. The summed E-state index contributed by atoms with van der Waals surface area (Å²) in [6.45, 7) is 6.68. The third-order valence-corrected chi connectivity index (χ3v) is 4.01. The van der Waals surface area contributed by atoms with Crippen molar-refractivity contribution in [2.24, 2.45) is 11.8 Å². The Balaban J connectivity index is 2.01. The largest absolute Gasteiger partial charge is 0.382 e. The Morgan fingerprint density at radius 3 is 2.94 bits per heavy atom. The van der Waals surface area contributed by atoms with Gasteiger partial charge in [0.1, 0.15) is 5.82 Å². The molecule has 2 aromatic rings. The number of nitrogen functional groups attached to an aromatic ring is 1. The Hall–Kier alpha value is -1.78. The zero-order valence-corrected chi connectivity index (χ0v) is 10.9. The Kier molecular flexibility index (Phi) is 2.61. The Bertz CT molecular complexity index is 562. The van der Waals surface area contributed by atoms with Crippen molar-refractivity contribution in [3.63, 3.8) is 0 Å².